The molecule has 0 spiro atoms. The molecule has 0 amide bonds. The fourth-order valence-electron chi connectivity index (χ4n) is 3.45. The number of nitrogens with zero attached hydrogens (tertiary/aromatic N) is 1. The maximum absolute atomic E-state index is 3.93. The highest BCUT2D eigenvalue weighted by molar-refractivity contribution is 4.85. The van der Waals surface area contributed by atoms with Crippen molar-refractivity contribution in [3.8, 4) is 0 Å². The van der Waals surface area contributed by atoms with E-state index < -0.39 is 0 Å². The molecule has 1 N–H and O–H groups in total. The van der Waals surface area contributed by atoms with Crippen LogP contribution in [0.15, 0.2) is 0 Å². The van der Waals surface area contributed by atoms with E-state index in [2.05, 4.69) is 31.0 Å². The second kappa shape index (κ2) is 6.19. The second-order valence-electron chi connectivity index (χ2n) is 6.34. The Morgan fingerprint density at radius 2 is 1.65 bits per heavy atom. The van der Waals surface area contributed by atoms with Crippen LogP contribution in [0.25, 0.3) is 0 Å². The molecule has 2 aliphatic rings. The summed E-state index contributed by atoms with van der Waals surface area (Å²) in [5.41, 5.74) is 0. The van der Waals surface area contributed by atoms with E-state index in [0.717, 1.165) is 23.9 Å². The van der Waals surface area contributed by atoms with Crippen LogP contribution in [0.2, 0.25) is 0 Å². The molecule has 2 heteroatoms. The van der Waals surface area contributed by atoms with Crippen molar-refractivity contribution < 1.29 is 0 Å². The minimum Gasteiger partial charge on any atom is -0.311 e. The Bertz CT molecular complexity index is 221. The average molecular weight is 238 g/mol. The second-order valence-corrected chi connectivity index (χ2v) is 6.34. The Balaban J connectivity index is 1.71. The first-order chi connectivity index (χ1) is 8.19. The maximum Gasteiger partial charge on any atom is 0.00940 e. The molecule has 0 bridgehead atoms. The van der Waals surface area contributed by atoms with Crippen LogP contribution in [-0.4, -0.2) is 36.6 Å². The quantitative estimate of drug-likeness (QED) is 0.813. The molecule has 1 aliphatic heterocycles. The Labute approximate surface area is 107 Å². The summed E-state index contributed by atoms with van der Waals surface area (Å²) in [6.45, 7) is 10.9. The van der Waals surface area contributed by atoms with Crippen molar-refractivity contribution in [2.45, 2.75) is 65.0 Å². The van der Waals surface area contributed by atoms with Gasteiger partial charge in [-0.1, -0.05) is 20.8 Å². The van der Waals surface area contributed by atoms with E-state index in [1.54, 1.807) is 0 Å². The zero-order valence-electron chi connectivity index (χ0n) is 11.9. The first-order valence-corrected chi connectivity index (χ1v) is 7.67. The molecule has 0 aromatic rings. The highest BCUT2D eigenvalue weighted by Gasteiger charge is 2.27. The summed E-state index contributed by atoms with van der Waals surface area (Å²) in [5.74, 6) is 1.85. The third-order valence-electron chi connectivity index (χ3n) is 5.10. The first kappa shape index (κ1) is 13.4. The average Bonchev–Trinajstić information content (AvgIpc) is 2.35. The minimum absolute atomic E-state index is 0.795. The van der Waals surface area contributed by atoms with Crippen LogP contribution < -0.4 is 5.32 Å². The van der Waals surface area contributed by atoms with E-state index in [1.165, 1.54) is 51.7 Å². The molecule has 17 heavy (non-hydrogen) atoms. The van der Waals surface area contributed by atoms with Crippen molar-refractivity contribution in [2.75, 3.05) is 19.6 Å². The van der Waals surface area contributed by atoms with Crippen molar-refractivity contribution in [1.29, 1.82) is 0 Å². The van der Waals surface area contributed by atoms with Crippen molar-refractivity contribution in [3.05, 3.63) is 0 Å². The van der Waals surface area contributed by atoms with Gasteiger partial charge >= 0.3 is 0 Å². The molecule has 1 aliphatic carbocycles. The summed E-state index contributed by atoms with van der Waals surface area (Å²) in [6.07, 6.45) is 6.93. The van der Waals surface area contributed by atoms with Crippen molar-refractivity contribution in [1.82, 2.24) is 10.2 Å². The normalized spacial score (nSPS) is 37.2. The lowest BCUT2D eigenvalue weighted by molar-refractivity contribution is 0.169. The molecular weight excluding hydrogens is 208 g/mol. The van der Waals surface area contributed by atoms with E-state index >= 15 is 0 Å². The van der Waals surface area contributed by atoms with Gasteiger partial charge in [-0.25, -0.2) is 0 Å². The summed E-state index contributed by atoms with van der Waals surface area (Å²) in [5, 5.41) is 3.93. The molecule has 3 atom stereocenters. The summed E-state index contributed by atoms with van der Waals surface area (Å²) >= 11 is 0. The maximum atomic E-state index is 3.93. The van der Waals surface area contributed by atoms with Crippen LogP contribution in [0.3, 0.4) is 0 Å². The molecule has 100 valence electrons. The Morgan fingerprint density at radius 3 is 2.24 bits per heavy atom. The molecule has 1 saturated carbocycles. The number of hydrogen-bond acceptors (Lipinski definition) is 2. The van der Waals surface area contributed by atoms with Gasteiger partial charge in [0.05, 0.1) is 0 Å². The smallest absolute Gasteiger partial charge is 0.00940 e. The molecule has 0 aromatic carbocycles. The zero-order chi connectivity index (χ0) is 12.3. The lowest BCUT2D eigenvalue weighted by atomic mass is 9.79. The van der Waals surface area contributed by atoms with Crippen LogP contribution in [0.1, 0.15) is 52.9 Å². The van der Waals surface area contributed by atoms with Crippen molar-refractivity contribution in [2.24, 2.45) is 11.8 Å². The lowest BCUT2D eigenvalue weighted by Gasteiger charge is -2.38. The molecule has 2 rings (SSSR count). The van der Waals surface area contributed by atoms with E-state index in [1.807, 2.05) is 0 Å². The van der Waals surface area contributed by atoms with Gasteiger partial charge in [0.2, 0.25) is 0 Å². The van der Waals surface area contributed by atoms with Gasteiger partial charge in [0.25, 0.3) is 0 Å². The van der Waals surface area contributed by atoms with Gasteiger partial charge in [0.15, 0.2) is 0 Å². The van der Waals surface area contributed by atoms with E-state index in [9.17, 15) is 0 Å². The number of nitrogens with one attached hydrogen (secondary N) is 1. The number of piperidine rings is 1. The third kappa shape index (κ3) is 3.69. The number of hydrogen-bond donors (Lipinski definition) is 1. The molecule has 1 heterocycles. The fourth-order valence-corrected chi connectivity index (χ4v) is 3.45. The Morgan fingerprint density at radius 1 is 0.941 bits per heavy atom. The molecule has 0 radical (unpaired) electrons. The van der Waals surface area contributed by atoms with Gasteiger partial charge in [-0.15, -0.1) is 0 Å². The number of rotatable bonds is 3. The Kier molecular flexibility index (Phi) is 4.87. The van der Waals surface area contributed by atoms with Gasteiger partial charge in [0.1, 0.15) is 0 Å². The van der Waals surface area contributed by atoms with Gasteiger partial charge < -0.3 is 10.2 Å². The van der Waals surface area contributed by atoms with Crippen molar-refractivity contribution >= 4 is 0 Å². The van der Waals surface area contributed by atoms with Crippen LogP contribution >= 0.6 is 0 Å². The molecule has 3 unspecified atom stereocenters. The summed E-state index contributed by atoms with van der Waals surface area (Å²) < 4.78 is 0. The molecule has 1 saturated heterocycles. The minimum atomic E-state index is 0.795. The lowest BCUT2D eigenvalue weighted by Crippen LogP contribution is -2.47. The first-order valence-electron chi connectivity index (χ1n) is 7.67. The number of likely N-dealkylation sites (tertiary alicyclic amines) is 1. The SMILES string of the molecule is CCN1CCC(NC2CCC(C)C(C)C2)CC1. The van der Waals surface area contributed by atoms with Crippen LogP contribution in [0.5, 0.6) is 0 Å². The predicted molar refractivity (Wildman–Crippen MR) is 74.2 cm³/mol. The summed E-state index contributed by atoms with van der Waals surface area (Å²) in [4.78, 5) is 2.57. The Hall–Kier alpha value is -0.0800. The molecule has 2 fully saturated rings. The fraction of sp³-hybridized carbons (Fsp3) is 1.00. The van der Waals surface area contributed by atoms with Crippen LogP contribution in [0.4, 0.5) is 0 Å². The predicted octanol–water partition coefficient (Wildman–Crippen LogP) is 2.89. The van der Waals surface area contributed by atoms with Gasteiger partial charge in [-0.2, -0.15) is 0 Å². The van der Waals surface area contributed by atoms with E-state index in [0.29, 0.717) is 0 Å². The zero-order valence-corrected chi connectivity index (χ0v) is 11.9. The highest BCUT2D eigenvalue weighted by Crippen LogP contribution is 2.30. The molecule has 0 aromatic heterocycles. The molecule has 2 nitrogen and oxygen atoms in total. The van der Waals surface area contributed by atoms with Crippen LogP contribution in [0, 0.1) is 11.8 Å². The third-order valence-corrected chi connectivity index (χ3v) is 5.10. The van der Waals surface area contributed by atoms with E-state index in [4.69, 9.17) is 0 Å². The highest BCUT2D eigenvalue weighted by atomic mass is 15.1. The van der Waals surface area contributed by atoms with Crippen molar-refractivity contribution in [3.63, 3.8) is 0 Å². The van der Waals surface area contributed by atoms with Gasteiger partial charge in [-0.3, -0.25) is 0 Å². The van der Waals surface area contributed by atoms with Gasteiger partial charge in [0, 0.05) is 12.1 Å². The summed E-state index contributed by atoms with van der Waals surface area (Å²) in [7, 11) is 0. The van der Waals surface area contributed by atoms with E-state index in [-0.39, 0.29) is 0 Å². The van der Waals surface area contributed by atoms with Crippen LogP contribution in [-0.2, 0) is 0 Å². The topological polar surface area (TPSA) is 15.3 Å². The molecular formula is C15H30N2. The standard InChI is InChI=1S/C15H30N2/c1-4-17-9-7-14(8-10-17)16-15-6-5-12(2)13(3)11-15/h12-16H,4-11H2,1-3H3. The monoisotopic (exact) mass is 238 g/mol. The largest absolute Gasteiger partial charge is 0.311 e. The summed E-state index contributed by atoms with van der Waals surface area (Å²) in [6, 6.07) is 1.60. The van der Waals surface area contributed by atoms with Gasteiger partial charge in [-0.05, 0) is 63.6 Å².